The Hall–Kier alpha value is -1.44. The van der Waals surface area contributed by atoms with Crippen molar-refractivity contribution in [1.29, 1.82) is 5.26 Å². The topological polar surface area (TPSA) is 90.3 Å². The Bertz CT molecular complexity index is 1050. The highest BCUT2D eigenvalue weighted by Gasteiger charge is 2.40. The Labute approximate surface area is 170 Å². The number of thiophene rings is 2. The van der Waals surface area contributed by atoms with Gasteiger partial charge in [-0.3, -0.25) is 4.79 Å². The summed E-state index contributed by atoms with van der Waals surface area (Å²) in [7, 11) is -3.77. The number of anilines is 1. The lowest BCUT2D eigenvalue weighted by Crippen LogP contribution is -2.42. The lowest BCUT2D eigenvalue weighted by molar-refractivity contribution is -0.119. The average molecular weight is 442 g/mol. The van der Waals surface area contributed by atoms with Crippen molar-refractivity contribution < 1.29 is 13.2 Å². The van der Waals surface area contributed by atoms with E-state index in [9.17, 15) is 18.5 Å². The summed E-state index contributed by atoms with van der Waals surface area (Å²) < 4.78 is 27.6. The molecule has 1 aliphatic carbocycles. The number of amides is 1. The van der Waals surface area contributed by atoms with Crippen LogP contribution < -0.4 is 5.32 Å². The molecule has 142 valence electrons. The third kappa shape index (κ3) is 3.30. The summed E-state index contributed by atoms with van der Waals surface area (Å²) in [4.78, 5) is 14.0. The Morgan fingerprint density at radius 2 is 2.11 bits per heavy atom. The molecule has 0 radical (unpaired) electrons. The Morgan fingerprint density at radius 3 is 2.81 bits per heavy atom. The zero-order valence-corrected chi connectivity index (χ0v) is 17.4. The largest absolute Gasteiger partial charge is 0.315 e. The van der Waals surface area contributed by atoms with Crippen LogP contribution in [0.3, 0.4) is 0 Å². The number of sulfonamides is 1. The van der Waals surface area contributed by atoms with E-state index in [4.69, 9.17) is 11.6 Å². The Kier molecular flexibility index (Phi) is 5.03. The van der Waals surface area contributed by atoms with Gasteiger partial charge in [-0.25, -0.2) is 8.42 Å². The Morgan fingerprint density at radius 1 is 1.30 bits per heavy atom. The maximum absolute atomic E-state index is 12.9. The van der Waals surface area contributed by atoms with E-state index < -0.39 is 16.1 Å². The van der Waals surface area contributed by atoms with Crippen molar-refractivity contribution in [3.05, 3.63) is 32.5 Å². The zero-order valence-electron chi connectivity index (χ0n) is 14.2. The van der Waals surface area contributed by atoms with Gasteiger partial charge >= 0.3 is 0 Å². The molecule has 0 saturated carbocycles. The van der Waals surface area contributed by atoms with E-state index in [1.54, 1.807) is 0 Å². The minimum absolute atomic E-state index is 0.139. The van der Waals surface area contributed by atoms with Crippen molar-refractivity contribution in [1.82, 2.24) is 4.31 Å². The molecule has 0 spiro atoms. The number of nitriles is 1. The van der Waals surface area contributed by atoms with E-state index in [-0.39, 0.29) is 10.1 Å². The first-order valence-corrected chi connectivity index (χ1v) is 12.0. The second-order valence-corrected chi connectivity index (χ2v) is 11.4. The quantitative estimate of drug-likeness (QED) is 0.784. The minimum Gasteiger partial charge on any atom is -0.315 e. The molecule has 3 heterocycles. The first kappa shape index (κ1) is 18.9. The zero-order chi connectivity index (χ0) is 19.2. The number of rotatable bonds is 4. The molecular formula is C17H16ClN3O3S3. The van der Waals surface area contributed by atoms with Crippen LogP contribution in [-0.4, -0.2) is 31.2 Å². The van der Waals surface area contributed by atoms with E-state index in [0.29, 0.717) is 34.3 Å². The number of aryl methyl sites for hydroxylation is 1. The van der Waals surface area contributed by atoms with Gasteiger partial charge in [-0.2, -0.15) is 9.57 Å². The third-order valence-corrected chi connectivity index (χ3v) is 9.70. The molecule has 2 aromatic heterocycles. The van der Waals surface area contributed by atoms with Crippen molar-refractivity contribution in [3.8, 4) is 6.07 Å². The second-order valence-electron chi connectivity index (χ2n) is 6.49. The molecule has 1 unspecified atom stereocenters. The van der Waals surface area contributed by atoms with Crippen LogP contribution in [0.1, 0.15) is 35.3 Å². The maximum atomic E-state index is 12.9. The summed E-state index contributed by atoms with van der Waals surface area (Å²) in [6.07, 6.45) is 3.88. The number of halogens is 1. The number of hydrogen-bond acceptors (Lipinski definition) is 6. The van der Waals surface area contributed by atoms with Crippen molar-refractivity contribution in [2.75, 3.05) is 11.9 Å². The van der Waals surface area contributed by atoms with Crippen LogP contribution in [-0.2, 0) is 27.7 Å². The van der Waals surface area contributed by atoms with Crippen LogP contribution in [0.4, 0.5) is 5.00 Å². The summed E-state index contributed by atoms with van der Waals surface area (Å²) >= 11 is 8.29. The van der Waals surface area contributed by atoms with Crippen LogP contribution in [0.2, 0.25) is 4.34 Å². The molecule has 27 heavy (non-hydrogen) atoms. The summed E-state index contributed by atoms with van der Waals surface area (Å²) in [6.45, 7) is 0.294. The molecule has 0 bridgehead atoms. The van der Waals surface area contributed by atoms with E-state index in [1.165, 1.54) is 27.8 Å². The standard InChI is InChI=1S/C17H16ClN3O3S3/c18-14-6-7-15(26-14)27(23,24)21-8-2-4-12(21)16(22)20-17-11(9-19)10-3-1-5-13(10)25-17/h6-7,12H,1-5,8H2,(H,20,22). The smallest absolute Gasteiger partial charge is 0.253 e. The van der Waals surface area contributed by atoms with Gasteiger partial charge in [0, 0.05) is 11.4 Å². The highest BCUT2D eigenvalue weighted by Crippen LogP contribution is 2.39. The summed E-state index contributed by atoms with van der Waals surface area (Å²) in [6, 6.07) is 4.42. The Balaban J connectivity index is 1.58. The van der Waals surface area contributed by atoms with Gasteiger partial charge in [0.05, 0.1) is 9.90 Å². The van der Waals surface area contributed by atoms with Crippen LogP contribution in [0.15, 0.2) is 16.3 Å². The number of carbonyl (C=O) groups is 1. The maximum Gasteiger partial charge on any atom is 0.253 e. The lowest BCUT2D eigenvalue weighted by atomic mass is 10.1. The van der Waals surface area contributed by atoms with Gasteiger partial charge in [0.25, 0.3) is 10.0 Å². The molecule has 1 saturated heterocycles. The summed E-state index contributed by atoms with van der Waals surface area (Å²) in [5, 5.41) is 12.8. The molecule has 6 nitrogen and oxygen atoms in total. The molecule has 1 N–H and O–H groups in total. The third-order valence-electron chi connectivity index (χ3n) is 4.89. The van der Waals surface area contributed by atoms with Crippen LogP contribution >= 0.6 is 34.3 Å². The molecule has 4 rings (SSSR count). The van der Waals surface area contributed by atoms with Crippen LogP contribution in [0, 0.1) is 11.3 Å². The van der Waals surface area contributed by atoms with Gasteiger partial charge in [-0.05, 0) is 49.8 Å². The molecule has 1 atom stereocenters. The lowest BCUT2D eigenvalue weighted by Gasteiger charge is -2.22. The van der Waals surface area contributed by atoms with Crippen molar-refractivity contribution in [3.63, 3.8) is 0 Å². The number of fused-ring (bicyclic) bond motifs is 1. The van der Waals surface area contributed by atoms with E-state index >= 15 is 0 Å². The first-order chi connectivity index (χ1) is 12.9. The molecule has 1 aliphatic heterocycles. The molecule has 0 aromatic carbocycles. The normalized spacial score (nSPS) is 19.8. The number of nitrogens with zero attached hydrogens (tertiary/aromatic N) is 2. The van der Waals surface area contributed by atoms with Gasteiger partial charge < -0.3 is 5.32 Å². The van der Waals surface area contributed by atoms with Gasteiger partial charge in [-0.1, -0.05) is 11.6 Å². The summed E-state index contributed by atoms with van der Waals surface area (Å²) in [5.74, 6) is -0.379. The number of hydrogen-bond donors (Lipinski definition) is 1. The van der Waals surface area contributed by atoms with E-state index in [1.807, 2.05) is 0 Å². The SMILES string of the molecule is N#Cc1c(NC(=O)C2CCCN2S(=O)(=O)c2ccc(Cl)s2)sc2c1CCC2. The highest BCUT2D eigenvalue weighted by molar-refractivity contribution is 7.91. The fraction of sp³-hybridized carbons (Fsp3) is 0.412. The molecular weight excluding hydrogens is 426 g/mol. The van der Waals surface area contributed by atoms with Crippen molar-refractivity contribution in [2.24, 2.45) is 0 Å². The molecule has 1 fully saturated rings. The fourth-order valence-electron chi connectivity index (χ4n) is 3.65. The average Bonchev–Trinajstić information content (AvgIpc) is 3.38. The van der Waals surface area contributed by atoms with Crippen LogP contribution in [0.25, 0.3) is 0 Å². The molecule has 2 aromatic rings. The second kappa shape index (κ2) is 7.18. The highest BCUT2D eigenvalue weighted by atomic mass is 35.5. The monoisotopic (exact) mass is 441 g/mol. The molecule has 1 amide bonds. The minimum atomic E-state index is -3.77. The van der Waals surface area contributed by atoms with Crippen molar-refractivity contribution >= 4 is 55.2 Å². The van der Waals surface area contributed by atoms with E-state index in [0.717, 1.165) is 41.0 Å². The first-order valence-electron chi connectivity index (χ1n) is 8.54. The predicted octanol–water partition coefficient (Wildman–Crippen LogP) is 3.62. The summed E-state index contributed by atoms with van der Waals surface area (Å²) in [5.41, 5.74) is 1.56. The molecule has 10 heteroatoms. The fourth-order valence-corrected chi connectivity index (χ4v) is 8.16. The number of carbonyl (C=O) groups excluding carboxylic acids is 1. The number of nitrogens with one attached hydrogen (secondary N) is 1. The van der Waals surface area contributed by atoms with Gasteiger partial charge in [0.1, 0.15) is 21.3 Å². The van der Waals surface area contributed by atoms with Gasteiger partial charge in [0.2, 0.25) is 5.91 Å². The van der Waals surface area contributed by atoms with Gasteiger partial charge in [-0.15, -0.1) is 22.7 Å². The van der Waals surface area contributed by atoms with Crippen LogP contribution in [0.5, 0.6) is 0 Å². The van der Waals surface area contributed by atoms with E-state index in [2.05, 4.69) is 11.4 Å². The molecule has 2 aliphatic rings. The van der Waals surface area contributed by atoms with Crippen molar-refractivity contribution in [2.45, 2.75) is 42.4 Å². The van der Waals surface area contributed by atoms with Gasteiger partial charge in [0.15, 0.2) is 0 Å². The predicted molar refractivity (Wildman–Crippen MR) is 106 cm³/mol.